The highest BCUT2D eigenvalue weighted by Crippen LogP contribution is 2.19. The van der Waals surface area contributed by atoms with Gasteiger partial charge in [-0.3, -0.25) is 9.59 Å². The van der Waals surface area contributed by atoms with Crippen molar-refractivity contribution in [1.82, 2.24) is 5.32 Å². The predicted molar refractivity (Wildman–Crippen MR) is 124 cm³/mol. The summed E-state index contributed by atoms with van der Waals surface area (Å²) in [5.41, 5.74) is 4.63. The molecule has 1 saturated heterocycles. The van der Waals surface area contributed by atoms with Gasteiger partial charge in [-0.15, -0.1) is 0 Å². The van der Waals surface area contributed by atoms with E-state index in [0.29, 0.717) is 6.54 Å². The third-order valence-electron chi connectivity index (χ3n) is 6.89. The first-order valence-electron chi connectivity index (χ1n) is 11.9. The molecule has 1 heterocycles. The Bertz CT molecular complexity index is 776. The minimum absolute atomic E-state index is 0.0367. The molecule has 0 radical (unpaired) electrons. The van der Waals surface area contributed by atoms with Gasteiger partial charge in [-0.25, -0.2) is 0 Å². The van der Waals surface area contributed by atoms with Crippen LogP contribution in [0.1, 0.15) is 50.2 Å². The van der Waals surface area contributed by atoms with Gasteiger partial charge in [0.1, 0.15) is 26.2 Å². The Kier molecular flexibility index (Phi) is 8.67. The van der Waals surface area contributed by atoms with Crippen LogP contribution >= 0.6 is 0 Å². The van der Waals surface area contributed by atoms with Gasteiger partial charge in [0.2, 0.25) is 0 Å². The maximum atomic E-state index is 12.6. The number of anilines is 1. The molecule has 0 spiro atoms. The molecule has 3 rings (SSSR count). The summed E-state index contributed by atoms with van der Waals surface area (Å²) in [6.45, 7) is 11.0. The maximum absolute atomic E-state index is 12.6. The third kappa shape index (κ3) is 6.91. The van der Waals surface area contributed by atoms with Crippen molar-refractivity contribution in [3.63, 3.8) is 0 Å². The van der Waals surface area contributed by atoms with Gasteiger partial charge < -0.3 is 20.4 Å². The summed E-state index contributed by atoms with van der Waals surface area (Å²) in [5.74, 6) is 0.223. The predicted octanol–water partition coefficient (Wildman–Crippen LogP) is 0.421. The maximum Gasteiger partial charge on any atom is 0.279 e. The molecule has 31 heavy (non-hydrogen) atoms. The van der Waals surface area contributed by atoms with Gasteiger partial charge in [0.25, 0.3) is 11.8 Å². The van der Waals surface area contributed by atoms with E-state index >= 15 is 0 Å². The number of aryl methyl sites for hydroxylation is 2. The van der Waals surface area contributed by atoms with E-state index in [1.54, 1.807) is 0 Å². The topological polar surface area (TPSA) is 67.1 Å². The van der Waals surface area contributed by atoms with Crippen LogP contribution in [0.3, 0.4) is 0 Å². The van der Waals surface area contributed by atoms with Gasteiger partial charge in [-0.2, -0.15) is 0 Å². The first kappa shape index (κ1) is 23.5. The van der Waals surface area contributed by atoms with Gasteiger partial charge in [0.15, 0.2) is 12.6 Å². The molecule has 6 nitrogen and oxygen atoms in total. The minimum Gasteiger partial charge on any atom is -0.351 e. The van der Waals surface area contributed by atoms with E-state index < -0.39 is 0 Å². The number of allylic oxidation sites excluding steroid dienone is 1. The zero-order chi connectivity index (χ0) is 22.2. The zero-order valence-electron chi connectivity index (χ0n) is 19.5. The van der Waals surface area contributed by atoms with Crippen molar-refractivity contribution in [3.05, 3.63) is 41.0 Å². The van der Waals surface area contributed by atoms with Crippen LogP contribution in [0.2, 0.25) is 0 Å². The summed E-state index contributed by atoms with van der Waals surface area (Å²) in [5, 5.41) is 6.23. The van der Waals surface area contributed by atoms with E-state index in [0.717, 1.165) is 56.0 Å². The lowest BCUT2D eigenvalue weighted by molar-refractivity contribution is -1.01. The molecule has 0 saturated carbocycles. The summed E-state index contributed by atoms with van der Waals surface area (Å²) in [7, 11) is 0. The van der Waals surface area contributed by atoms with Crippen molar-refractivity contribution in [2.24, 2.45) is 0 Å². The van der Waals surface area contributed by atoms with E-state index in [-0.39, 0.29) is 17.9 Å². The molecule has 0 aromatic heterocycles. The zero-order valence-corrected chi connectivity index (χ0v) is 19.5. The molecule has 1 aliphatic heterocycles. The highest BCUT2D eigenvalue weighted by molar-refractivity contribution is 5.93. The molecular formula is C25H40N4O2+2. The van der Waals surface area contributed by atoms with Crippen LogP contribution in [0, 0.1) is 13.8 Å². The lowest BCUT2D eigenvalue weighted by Crippen LogP contribution is -3.30. The summed E-state index contributed by atoms with van der Waals surface area (Å²) >= 11 is 0. The van der Waals surface area contributed by atoms with Crippen molar-refractivity contribution < 1.29 is 19.4 Å². The number of benzene rings is 1. The second kappa shape index (κ2) is 11.4. The van der Waals surface area contributed by atoms with Gasteiger partial charge in [-0.1, -0.05) is 29.8 Å². The average molecular weight is 429 g/mol. The van der Waals surface area contributed by atoms with E-state index in [2.05, 4.69) is 16.7 Å². The van der Waals surface area contributed by atoms with Gasteiger partial charge in [-0.05, 0) is 64.0 Å². The van der Waals surface area contributed by atoms with E-state index in [9.17, 15) is 9.59 Å². The Morgan fingerprint density at radius 3 is 2.42 bits per heavy atom. The molecule has 1 aliphatic carbocycles. The summed E-state index contributed by atoms with van der Waals surface area (Å²) in [4.78, 5) is 27.8. The average Bonchev–Trinajstić information content (AvgIpc) is 2.77. The van der Waals surface area contributed by atoms with E-state index in [1.807, 2.05) is 39.0 Å². The Labute approximate surface area is 187 Å². The molecule has 170 valence electrons. The molecule has 1 atom stereocenters. The molecule has 4 N–H and O–H groups in total. The van der Waals surface area contributed by atoms with E-state index in [1.165, 1.54) is 41.1 Å². The number of quaternary nitrogens is 2. The summed E-state index contributed by atoms with van der Waals surface area (Å²) in [6, 6.07) is 6.02. The number of piperazine rings is 1. The van der Waals surface area contributed by atoms with Crippen LogP contribution in [0.5, 0.6) is 0 Å². The van der Waals surface area contributed by atoms with Crippen molar-refractivity contribution in [3.8, 4) is 0 Å². The Balaban J connectivity index is 1.37. The first-order valence-corrected chi connectivity index (χ1v) is 11.9. The number of rotatable bonds is 8. The fourth-order valence-electron chi connectivity index (χ4n) is 4.77. The fourth-order valence-corrected chi connectivity index (χ4v) is 4.77. The lowest BCUT2D eigenvalue weighted by Gasteiger charge is -2.32. The summed E-state index contributed by atoms with van der Waals surface area (Å²) < 4.78 is 0. The first-order chi connectivity index (χ1) is 14.9. The molecular weight excluding hydrogens is 388 g/mol. The SMILES string of the molecule is Cc1cccc(C)c1NC(=O)C[NH+]1CC[NH+]([C@@H](C)C(=O)NCCC2=CCCCC2)CC1. The van der Waals surface area contributed by atoms with Crippen LogP contribution < -0.4 is 20.4 Å². The minimum atomic E-state index is -0.0367. The molecule has 1 fully saturated rings. The highest BCUT2D eigenvalue weighted by atomic mass is 16.2. The number of para-hydroxylation sites is 1. The second-order valence-corrected chi connectivity index (χ2v) is 9.27. The van der Waals surface area contributed by atoms with Gasteiger partial charge in [0.05, 0.1) is 0 Å². The lowest BCUT2D eigenvalue weighted by atomic mass is 9.97. The number of amides is 2. The second-order valence-electron chi connectivity index (χ2n) is 9.27. The van der Waals surface area contributed by atoms with Gasteiger partial charge in [0, 0.05) is 12.2 Å². The van der Waals surface area contributed by atoms with Crippen LogP contribution in [-0.4, -0.2) is 57.1 Å². The molecule has 6 heteroatoms. The molecule has 2 aliphatic rings. The number of carbonyl (C=O) groups is 2. The van der Waals surface area contributed by atoms with Crippen LogP contribution in [-0.2, 0) is 9.59 Å². The third-order valence-corrected chi connectivity index (χ3v) is 6.89. The normalized spacial score (nSPS) is 22.4. The standard InChI is InChI=1S/C25H38N4O2/c1-19-8-7-9-20(2)24(19)27-23(30)18-28-14-16-29(17-15-28)21(3)25(31)26-13-12-22-10-5-4-6-11-22/h7-10,21H,4-6,11-18H2,1-3H3,(H,26,31)(H,27,30)/p+2/t21-/m0/s1. The molecule has 0 bridgehead atoms. The van der Waals surface area contributed by atoms with Crippen molar-refractivity contribution in [1.29, 1.82) is 0 Å². The Morgan fingerprint density at radius 1 is 1.06 bits per heavy atom. The molecule has 0 unspecified atom stereocenters. The quantitative estimate of drug-likeness (QED) is 0.454. The van der Waals surface area contributed by atoms with Crippen LogP contribution in [0.4, 0.5) is 5.69 Å². The highest BCUT2D eigenvalue weighted by Gasteiger charge is 2.31. The Morgan fingerprint density at radius 2 is 1.77 bits per heavy atom. The number of carbonyl (C=O) groups excluding carboxylic acids is 2. The molecule has 1 aromatic carbocycles. The molecule has 2 amide bonds. The monoisotopic (exact) mass is 428 g/mol. The van der Waals surface area contributed by atoms with Crippen LogP contribution in [0.25, 0.3) is 0 Å². The van der Waals surface area contributed by atoms with E-state index in [4.69, 9.17) is 0 Å². The smallest absolute Gasteiger partial charge is 0.279 e. The van der Waals surface area contributed by atoms with Crippen molar-refractivity contribution in [2.75, 3.05) is 44.6 Å². The Hall–Kier alpha value is -2.18. The number of nitrogens with one attached hydrogen (secondary N) is 4. The number of hydrogen-bond acceptors (Lipinski definition) is 2. The number of hydrogen-bond donors (Lipinski definition) is 4. The molecule has 1 aromatic rings. The van der Waals surface area contributed by atoms with Crippen molar-refractivity contribution in [2.45, 2.75) is 58.9 Å². The van der Waals surface area contributed by atoms with Gasteiger partial charge >= 0.3 is 0 Å². The van der Waals surface area contributed by atoms with Crippen molar-refractivity contribution >= 4 is 17.5 Å². The van der Waals surface area contributed by atoms with Crippen LogP contribution in [0.15, 0.2) is 29.8 Å². The summed E-state index contributed by atoms with van der Waals surface area (Å²) in [6.07, 6.45) is 8.31. The fraction of sp³-hybridized carbons (Fsp3) is 0.600. The largest absolute Gasteiger partial charge is 0.351 e.